The summed E-state index contributed by atoms with van der Waals surface area (Å²) in [4.78, 5) is 18.4. The van der Waals surface area contributed by atoms with E-state index in [0.29, 0.717) is 10.6 Å². The lowest BCUT2D eigenvalue weighted by atomic mass is 9.96. The average Bonchev–Trinajstić information content (AvgIpc) is 2.39. The topological polar surface area (TPSA) is 59.2 Å². The number of thiocarbonyl (C=S) groups is 1. The molecule has 1 aromatic heterocycles. The van der Waals surface area contributed by atoms with Crippen molar-refractivity contribution in [3.63, 3.8) is 0 Å². The van der Waals surface area contributed by atoms with Gasteiger partial charge in [0.1, 0.15) is 0 Å². The second-order valence-electron chi connectivity index (χ2n) is 4.20. The van der Waals surface area contributed by atoms with Crippen molar-refractivity contribution in [1.82, 2.24) is 9.88 Å². The van der Waals surface area contributed by atoms with E-state index in [4.69, 9.17) is 18.0 Å². The first-order chi connectivity index (χ1) is 8.18. The van der Waals surface area contributed by atoms with Crippen LogP contribution in [0.3, 0.4) is 0 Å². The molecule has 4 nitrogen and oxygen atoms in total. The number of hydrogen-bond donors (Lipinski definition) is 1. The number of carbonyl (C=O) groups is 1. The fourth-order valence-corrected chi connectivity index (χ4v) is 2.28. The zero-order valence-corrected chi connectivity index (χ0v) is 10.3. The first-order valence-corrected chi connectivity index (χ1v) is 6.08. The van der Waals surface area contributed by atoms with E-state index >= 15 is 0 Å². The largest absolute Gasteiger partial charge is 0.393 e. The first-order valence-electron chi connectivity index (χ1n) is 5.67. The number of piperidine rings is 1. The minimum Gasteiger partial charge on any atom is -0.393 e. The van der Waals surface area contributed by atoms with Crippen molar-refractivity contribution in [3.05, 3.63) is 30.1 Å². The molecule has 2 heterocycles. The van der Waals surface area contributed by atoms with Gasteiger partial charge in [0, 0.05) is 37.0 Å². The smallest absolute Gasteiger partial charge is 0.253 e. The Morgan fingerprint density at radius 3 is 2.47 bits per heavy atom. The lowest BCUT2D eigenvalue weighted by Gasteiger charge is -2.31. The van der Waals surface area contributed by atoms with E-state index in [9.17, 15) is 4.79 Å². The molecular weight excluding hydrogens is 234 g/mol. The third kappa shape index (κ3) is 2.79. The van der Waals surface area contributed by atoms with Crippen LogP contribution in [0.2, 0.25) is 0 Å². The van der Waals surface area contributed by atoms with Crippen LogP contribution < -0.4 is 5.73 Å². The molecule has 0 atom stereocenters. The van der Waals surface area contributed by atoms with E-state index in [1.165, 1.54) is 0 Å². The van der Waals surface area contributed by atoms with Gasteiger partial charge in [-0.05, 0) is 25.0 Å². The number of nitrogens with zero attached hydrogens (tertiary/aromatic N) is 2. The van der Waals surface area contributed by atoms with Crippen molar-refractivity contribution in [2.24, 2.45) is 11.7 Å². The molecule has 17 heavy (non-hydrogen) atoms. The van der Waals surface area contributed by atoms with Crippen LogP contribution in [0.15, 0.2) is 24.5 Å². The maximum Gasteiger partial charge on any atom is 0.253 e. The fraction of sp³-hybridized carbons (Fsp3) is 0.417. The van der Waals surface area contributed by atoms with Crippen molar-refractivity contribution in [2.45, 2.75) is 12.8 Å². The molecule has 5 heteroatoms. The molecule has 0 aliphatic carbocycles. The predicted molar refractivity (Wildman–Crippen MR) is 69.6 cm³/mol. The molecule has 90 valence electrons. The normalized spacial score (nSPS) is 16.8. The molecule has 0 bridgehead atoms. The van der Waals surface area contributed by atoms with Crippen LogP contribution in [0.5, 0.6) is 0 Å². The van der Waals surface area contributed by atoms with Crippen molar-refractivity contribution in [3.8, 4) is 0 Å². The van der Waals surface area contributed by atoms with Crippen LogP contribution in [-0.4, -0.2) is 33.9 Å². The highest BCUT2D eigenvalue weighted by molar-refractivity contribution is 7.80. The standard InChI is InChI=1S/C12H15N3OS/c13-11(17)9-3-7-15(8-4-9)12(16)10-1-5-14-6-2-10/h1-2,5-6,9H,3-4,7-8H2,(H2,13,17). The third-order valence-corrected chi connectivity index (χ3v) is 3.45. The van der Waals surface area contributed by atoms with Crippen LogP contribution in [-0.2, 0) is 0 Å². The van der Waals surface area contributed by atoms with Gasteiger partial charge in [-0.3, -0.25) is 9.78 Å². The zero-order valence-electron chi connectivity index (χ0n) is 9.50. The van der Waals surface area contributed by atoms with E-state index in [1.807, 2.05) is 4.90 Å². The molecule has 1 fully saturated rings. The third-order valence-electron chi connectivity index (χ3n) is 3.11. The molecule has 2 N–H and O–H groups in total. The Morgan fingerprint density at radius 2 is 1.94 bits per heavy atom. The maximum absolute atomic E-state index is 12.1. The van der Waals surface area contributed by atoms with E-state index in [0.717, 1.165) is 25.9 Å². The molecule has 0 aromatic carbocycles. The molecule has 0 radical (unpaired) electrons. The van der Waals surface area contributed by atoms with Crippen LogP contribution in [0.25, 0.3) is 0 Å². The highest BCUT2D eigenvalue weighted by Gasteiger charge is 2.24. The lowest BCUT2D eigenvalue weighted by molar-refractivity contribution is 0.0710. The highest BCUT2D eigenvalue weighted by atomic mass is 32.1. The number of likely N-dealkylation sites (tertiary alicyclic amines) is 1. The minimum atomic E-state index is 0.0637. The number of nitrogens with two attached hydrogens (primary N) is 1. The monoisotopic (exact) mass is 249 g/mol. The van der Waals surface area contributed by atoms with Crippen molar-refractivity contribution in [1.29, 1.82) is 0 Å². The van der Waals surface area contributed by atoms with Gasteiger partial charge < -0.3 is 10.6 Å². The van der Waals surface area contributed by atoms with E-state index in [1.54, 1.807) is 24.5 Å². The average molecular weight is 249 g/mol. The van der Waals surface area contributed by atoms with Crippen LogP contribution in [0.1, 0.15) is 23.2 Å². The van der Waals surface area contributed by atoms with Crippen LogP contribution in [0, 0.1) is 5.92 Å². The van der Waals surface area contributed by atoms with Crippen molar-refractivity contribution >= 4 is 23.1 Å². The highest BCUT2D eigenvalue weighted by Crippen LogP contribution is 2.19. The SMILES string of the molecule is NC(=S)C1CCN(C(=O)c2ccncc2)CC1. The molecule has 1 saturated heterocycles. The number of aromatic nitrogens is 1. The van der Waals surface area contributed by atoms with Gasteiger partial charge in [-0.1, -0.05) is 12.2 Å². The van der Waals surface area contributed by atoms with Gasteiger partial charge in [0.2, 0.25) is 0 Å². The van der Waals surface area contributed by atoms with Crippen LogP contribution >= 0.6 is 12.2 Å². The Kier molecular flexibility index (Phi) is 3.68. The first kappa shape index (κ1) is 12.0. The van der Waals surface area contributed by atoms with Crippen molar-refractivity contribution in [2.75, 3.05) is 13.1 Å². The Bertz CT molecular complexity index is 413. The predicted octanol–water partition coefficient (Wildman–Crippen LogP) is 1.22. The summed E-state index contributed by atoms with van der Waals surface area (Å²) in [5.41, 5.74) is 6.31. The summed E-state index contributed by atoms with van der Waals surface area (Å²) in [5, 5.41) is 0. The summed E-state index contributed by atoms with van der Waals surface area (Å²) in [6, 6.07) is 3.48. The van der Waals surface area contributed by atoms with E-state index in [-0.39, 0.29) is 11.8 Å². The van der Waals surface area contributed by atoms with Gasteiger partial charge in [-0.15, -0.1) is 0 Å². The quantitative estimate of drug-likeness (QED) is 0.801. The summed E-state index contributed by atoms with van der Waals surface area (Å²) in [6.45, 7) is 1.45. The second-order valence-corrected chi connectivity index (χ2v) is 4.68. The molecule has 0 saturated carbocycles. The van der Waals surface area contributed by atoms with Crippen LogP contribution in [0.4, 0.5) is 0 Å². The van der Waals surface area contributed by atoms with E-state index < -0.39 is 0 Å². The van der Waals surface area contributed by atoms with Gasteiger partial charge in [-0.25, -0.2) is 0 Å². The summed E-state index contributed by atoms with van der Waals surface area (Å²) in [7, 11) is 0. The number of rotatable bonds is 2. The number of pyridine rings is 1. The Hall–Kier alpha value is -1.49. The molecule has 1 aromatic rings. The number of amides is 1. The van der Waals surface area contributed by atoms with Gasteiger partial charge in [0.15, 0.2) is 0 Å². The fourth-order valence-electron chi connectivity index (χ4n) is 2.04. The van der Waals surface area contributed by atoms with Gasteiger partial charge >= 0.3 is 0 Å². The molecule has 0 spiro atoms. The summed E-state index contributed by atoms with van der Waals surface area (Å²) < 4.78 is 0. The van der Waals surface area contributed by atoms with E-state index in [2.05, 4.69) is 4.98 Å². The van der Waals surface area contributed by atoms with Gasteiger partial charge in [0.05, 0.1) is 4.99 Å². The zero-order chi connectivity index (χ0) is 12.3. The molecule has 0 unspecified atom stereocenters. The summed E-state index contributed by atoms with van der Waals surface area (Å²) in [5.74, 6) is 0.347. The maximum atomic E-state index is 12.1. The Morgan fingerprint density at radius 1 is 1.35 bits per heavy atom. The molecule has 1 amide bonds. The molecular formula is C12H15N3OS. The van der Waals surface area contributed by atoms with Gasteiger partial charge in [0.25, 0.3) is 5.91 Å². The lowest BCUT2D eigenvalue weighted by Crippen LogP contribution is -2.41. The summed E-state index contributed by atoms with van der Waals surface area (Å²) >= 11 is 4.98. The van der Waals surface area contributed by atoms with Crippen molar-refractivity contribution < 1.29 is 4.79 Å². The Balaban J connectivity index is 1.98. The summed E-state index contributed by atoms with van der Waals surface area (Å²) in [6.07, 6.45) is 5.00. The molecule has 1 aliphatic heterocycles. The molecule has 1 aliphatic rings. The number of carbonyl (C=O) groups excluding carboxylic acids is 1. The Labute approximate surface area is 106 Å². The second kappa shape index (κ2) is 5.23. The molecule has 2 rings (SSSR count). The van der Waals surface area contributed by atoms with Gasteiger partial charge in [-0.2, -0.15) is 0 Å². The minimum absolute atomic E-state index is 0.0637. The number of hydrogen-bond acceptors (Lipinski definition) is 3.